The molecular formula is C16H19N3O2S. The molecule has 0 radical (unpaired) electrons. The first-order chi connectivity index (χ1) is 10.3. The molecule has 0 spiro atoms. The number of aromatic amines is 1. The largest absolute Gasteiger partial charge is 0.463 e. The highest BCUT2D eigenvalue weighted by Crippen LogP contribution is 2.27. The minimum atomic E-state index is -0.161. The van der Waals surface area contributed by atoms with Crippen molar-refractivity contribution in [1.82, 2.24) is 15.3 Å². The van der Waals surface area contributed by atoms with Gasteiger partial charge in [0.15, 0.2) is 5.58 Å². The number of rotatable bonds is 3. The monoisotopic (exact) mass is 317 g/mol. The molecule has 0 bridgehead atoms. The number of H-pyrrole nitrogens is 1. The van der Waals surface area contributed by atoms with E-state index in [2.05, 4.69) is 41.4 Å². The van der Waals surface area contributed by atoms with Crippen molar-refractivity contribution >= 4 is 28.3 Å². The molecule has 0 saturated carbocycles. The highest BCUT2D eigenvalue weighted by molar-refractivity contribution is 7.09. The number of aromatic nitrogens is 2. The van der Waals surface area contributed by atoms with Crippen LogP contribution < -0.4 is 5.32 Å². The van der Waals surface area contributed by atoms with Crippen LogP contribution in [0.4, 0.5) is 0 Å². The summed E-state index contributed by atoms with van der Waals surface area (Å²) in [6.07, 6.45) is 1.59. The molecule has 0 aliphatic carbocycles. The van der Waals surface area contributed by atoms with Gasteiger partial charge < -0.3 is 14.7 Å². The van der Waals surface area contributed by atoms with Crippen LogP contribution in [0.15, 0.2) is 28.2 Å². The number of hydrogen-bond acceptors (Lipinski definition) is 4. The lowest BCUT2D eigenvalue weighted by Gasteiger charge is -2.15. The van der Waals surface area contributed by atoms with E-state index in [1.165, 1.54) is 0 Å². The Labute approximate surface area is 132 Å². The van der Waals surface area contributed by atoms with Crippen LogP contribution in [0.2, 0.25) is 0 Å². The lowest BCUT2D eigenvalue weighted by Crippen LogP contribution is -2.27. The Morgan fingerprint density at radius 3 is 2.86 bits per heavy atom. The van der Waals surface area contributed by atoms with Gasteiger partial charge in [0.2, 0.25) is 0 Å². The molecule has 2 N–H and O–H groups in total. The van der Waals surface area contributed by atoms with Crippen molar-refractivity contribution in [3.63, 3.8) is 0 Å². The molecule has 0 aliphatic rings. The molecule has 3 aromatic heterocycles. The summed E-state index contributed by atoms with van der Waals surface area (Å²) < 4.78 is 5.26. The first-order valence-corrected chi connectivity index (χ1v) is 8.05. The van der Waals surface area contributed by atoms with E-state index in [0.29, 0.717) is 11.3 Å². The molecule has 0 saturated heterocycles. The van der Waals surface area contributed by atoms with Crippen LogP contribution in [0.1, 0.15) is 54.9 Å². The molecule has 1 amide bonds. The van der Waals surface area contributed by atoms with Crippen LogP contribution in [0.5, 0.6) is 0 Å². The minimum Gasteiger partial charge on any atom is -0.463 e. The third-order valence-electron chi connectivity index (χ3n) is 3.49. The third-order valence-corrected chi connectivity index (χ3v) is 4.52. The molecular weight excluding hydrogens is 298 g/mol. The summed E-state index contributed by atoms with van der Waals surface area (Å²) >= 11 is 1.57. The zero-order valence-corrected chi connectivity index (χ0v) is 13.9. The van der Waals surface area contributed by atoms with E-state index in [4.69, 9.17) is 4.42 Å². The first kappa shape index (κ1) is 14.8. The molecule has 22 heavy (non-hydrogen) atoms. The molecule has 3 heterocycles. The van der Waals surface area contributed by atoms with E-state index in [9.17, 15) is 4.79 Å². The van der Waals surface area contributed by atoms with Crippen molar-refractivity contribution in [3.8, 4) is 0 Å². The maximum atomic E-state index is 12.3. The Bertz CT molecular complexity index is 778. The van der Waals surface area contributed by atoms with Crippen molar-refractivity contribution in [2.24, 2.45) is 0 Å². The van der Waals surface area contributed by atoms with Crippen LogP contribution in [-0.2, 0) is 5.41 Å². The van der Waals surface area contributed by atoms with Crippen LogP contribution in [0.25, 0.3) is 11.1 Å². The van der Waals surface area contributed by atoms with Crippen molar-refractivity contribution in [3.05, 3.63) is 40.2 Å². The van der Waals surface area contributed by atoms with Gasteiger partial charge in [-0.15, -0.1) is 11.3 Å². The number of fused-ring (bicyclic) bond motifs is 1. The van der Waals surface area contributed by atoms with Crippen molar-refractivity contribution < 1.29 is 9.21 Å². The predicted octanol–water partition coefficient (Wildman–Crippen LogP) is 4.01. The SMILES string of the molecule is CC(NC(=O)c1cc2occc2[nH]1)c1nc(C(C)(C)C)cs1. The molecule has 0 aromatic carbocycles. The van der Waals surface area contributed by atoms with Gasteiger partial charge in [0, 0.05) is 22.9 Å². The molecule has 5 nitrogen and oxygen atoms in total. The van der Waals surface area contributed by atoms with Crippen molar-refractivity contribution in [2.75, 3.05) is 0 Å². The second-order valence-electron chi connectivity index (χ2n) is 6.40. The summed E-state index contributed by atoms with van der Waals surface area (Å²) in [5, 5.41) is 5.93. The summed E-state index contributed by atoms with van der Waals surface area (Å²) in [5.74, 6) is -0.161. The van der Waals surface area contributed by atoms with Gasteiger partial charge in [0.05, 0.1) is 23.5 Å². The van der Waals surface area contributed by atoms with E-state index in [0.717, 1.165) is 16.2 Å². The lowest BCUT2D eigenvalue weighted by atomic mass is 9.93. The molecule has 116 valence electrons. The average Bonchev–Trinajstić information content (AvgIpc) is 3.12. The molecule has 6 heteroatoms. The maximum absolute atomic E-state index is 12.3. The Hall–Kier alpha value is -2.08. The normalized spacial score (nSPS) is 13.5. The third kappa shape index (κ3) is 2.78. The van der Waals surface area contributed by atoms with Gasteiger partial charge in [-0.3, -0.25) is 4.79 Å². The second kappa shape index (κ2) is 5.28. The first-order valence-electron chi connectivity index (χ1n) is 7.17. The minimum absolute atomic E-state index is 0.0163. The standard InChI is InChI=1S/C16H19N3O2S/c1-9(15-19-13(8-22-15)16(2,3)4)17-14(20)11-7-12-10(18-11)5-6-21-12/h5-9,18H,1-4H3,(H,17,20). The number of furan rings is 1. The fraction of sp³-hybridized carbons (Fsp3) is 0.375. The molecule has 3 rings (SSSR count). The fourth-order valence-corrected chi connectivity index (χ4v) is 3.19. The van der Waals surface area contributed by atoms with Gasteiger partial charge in [-0.25, -0.2) is 4.98 Å². The smallest absolute Gasteiger partial charge is 0.268 e. The Balaban J connectivity index is 1.73. The number of carbonyl (C=O) groups is 1. The van der Waals surface area contributed by atoms with E-state index in [1.807, 2.05) is 6.92 Å². The topological polar surface area (TPSA) is 70.9 Å². The second-order valence-corrected chi connectivity index (χ2v) is 7.29. The molecule has 0 aliphatic heterocycles. The summed E-state index contributed by atoms with van der Waals surface area (Å²) in [5.41, 5.74) is 3.06. The maximum Gasteiger partial charge on any atom is 0.268 e. The zero-order valence-electron chi connectivity index (χ0n) is 13.1. The molecule has 1 unspecified atom stereocenters. The summed E-state index contributed by atoms with van der Waals surface area (Å²) in [6, 6.07) is 3.37. The summed E-state index contributed by atoms with van der Waals surface area (Å²) in [6.45, 7) is 8.32. The van der Waals surface area contributed by atoms with E-state index < -0.39 is 0 Å². The molecule has 3 aromatic rings. The van der Waals surface area contributed by atoms with Crippen molar-refractivity contribution in [2.45, 2.75) is 39.2 Å². The predicted molar refractivity (Wildman–Crippen MR) is 87.3 cm³/mol. The molecule has 0 fully saturated rings. The van der Waals surface area contributed by atoms with Gasteiger partial charge in [-0.1, -0.05) is 20.8 Å². The number of thiazole rings is 1. The molecule has 1 atom stereocenters. The van der Waals surface area contributed by atoms with Gasteiger partial charge in [-0.2, -0.15) is 0 Å². The van der Waals surface area contributed by atoms with E-state index in [-0.39, 0.29) is 17.4 Å². The van der Waals surface area contributed by atoms with Gasteiger partial charge in [-0.05, 0) is 6.92 Å². The highest BCUT2D eigenvalue weighted by atomic mass is 32.1. The van der Waals surface area contributed by atoms with Gasteiger partial charge in [0.25, 0.3) is 5.91 Å². The summed E-state index contributed by atoms with van der Waals surface area (Å²) in [7, 11) is 0. The summed E-state index contributed by atoms with van der Waals surface area (Å²) in [4.78, 5) is 20.0. The van der Waals surface area contributed by atoms with Crippen LogP contribution in [0, 0.1) is 0 Å². The van der Waals surface area contributed by atoms with Gasteiger partial charge >= 0.3 is 0 Å². The number of carbonyl (C=O) groups excluding carboxylic acids is 1. The van der Waals surface area contributed by atoms with E-state index in [1.54, 1.807) is 29.7 Å². The Kier molecular flexibility index (Phi) is 3.56. The Morgan fingerprint density at radius 2 is 2.23 bits per heavy atom. The number of amides is 1. The Morgan fingerprint density at radius 1 is 1.45 bits per heavy atom. The van der Waals surface area contributed by atoms with Crippen molar-refractivity contribution in [1.29, 1.82) is 0 Å². The number of nitrogens with one attached hydrogen (secondary N) is 2. The lowest BCUT2D eigenvalue weighted by molar-refractivity contribution is 0.0935. The van der Waals surface area contributed by atoms with Crippen LogP contribution >= 0.6 is 11.3 Å². The highest BCUT2D eigenvalue weighted by Gasteiger charge is 2.21. The quantitative estimate of drug-likeness (QED) is 0.767. The van der Waals surface area contributed by atoms with Gasteiger partial charge in [0.1, 0.15) is 10.7 Å². The van der Waals surface area contributed by atoms with Crippen LogP contribution in [0.3, 0.4) is 0 Å². The fourth-order valence-electron chi connectivity index (χ4n) is 2.14. The average molecular weight is 317 g/mol. The zero-order chi connectivity index (χ0) is 15.9. The van der Waals surface area contributed by atoms with Crippen LogP contribution in [-0.4, -0.2) is 15.9 Å². The number of hydrogen-bond donors (Lipinski definition) is 2. The van der Waals surface area contributed by atoms with E-state index >= 15 is 0 Å². The number of nitrogens with zero attached hydrogens (tertiary/aromatic N) is 1.